The Balaban J connectivity index is 1.84. The third-order valence-electron chi connectivity index (χ3n) is 3.81. The number of rotatable bonds is 5. The zero-order chi connectivity index (χ0) is 17.8. The van der Waals surface area contributed by atoms with Crippen molar-refractivity contribution in [3.05, 3.63) is 65.6 Å². The number of amides is 1. The van der Waals surface area contributed by atoms with Gasteiger partial charge >= 0.3 is 5.97 Å². The molecule has 0 spiro atoms. The minimum atomic E-state index is -0.379. The number of pyridine rings is 1. The third-order valence-corrected chi connectivity index (χ3v) is 3.81. The van der Waals surface area contributed by atoms with Gasteiger partial charge in [0.05, 0.1) is 17.9 Å². The van der Waals surface area contributed by atoms with Crippen LogP contribution in [-0.2, 0) is 11.2 Å². The molecule has 0 fully saturated rings. The molecule has 0 atom stereocenters. The molecular formula is C19H19N3O3. The van der Waals surface area contributed by atoms with Gasteiger partial charge in [0, 0.05) is 11.9 Å². The highest BCUT2D eigenvalue weighted by Crippen LogP contribution is 2.17. The van der Waals surface area contributed by atoms with E-state index in [0.29, 0.717) is 30.0 Å². The van der Waals surface area contributed by atoms with Crippen molar-refractivity contribution in [3.8, 4) is 0 Å². The molecule has 3 aromatic rings. The molecule has 128 valence electrons. The molecule has 0 bridgehead atoms. The fourth-order valence-electron chi connectivity index (χ4n) is 2.63. The van der Waals surface area contributed by atoms with Gasteiger partial charge in [0.15, 0.2) is 0 Å². The molecule has 0 aliphatic rings. The first-order valence-electron chi connectivity index (χ1n) is 8.18. The van der Waals surface area contributed by atoms with Crippen LogP contribution in [-0.4, -0.2) is 27.9 Å². The van der Waals surface area contributed by atoms with Gasteiger partial charge in [-0.2, -0.15) is 0 Å². The van der Waals surface area contributed by atoms with Gasteiger partial charge < -0.3 is 10.1 Å². The fourth-order valence-corrected chi connectivity index (χ4v) is 2.63. The normalized spacial score (nSPS) is 10.6. The van der Waals surface area contributed by atoms with E-state index in [1.54, 1.807) is 35.6 Å². The summed E-state index contributed by atoms with van der Waals surface area (Å²) in [6.45, 7) is 4.05. The summed E-state index contributed by atoms with van der Waals surface area (Å²) in [5.74, 6) is -0.616. The third kappa shape index (κ3) is 3.38. The maximum absolute atomic E-state index is 12.7. The van der Waals surface area contributed by atoms with Crippen LogP contribution < -0.4 is 5.32 Å². The van der Waals surface area contributed by atoms with Crippen molar-refractivity contribution in [3.63, 3.8) is 0 Å². The van der Waals surface area contributed by atoms with Gasteiger partial charge in [0.1, 0.15) is 11.3 Å². The molecule has 1 amide bonds. The Kier molecular flexibility index (Phi) is 4.79. The molecule has 1 aromatic carbocycles. The van der Waals surface area contributed by atoms with Crippen molar-refractivity contribution in [2.45, 2.75) is 20.3 Å². The predicted octanol–water partition coefficient (Wildman–Crippen LogP) is 3.33. The summed E-state index contributed by atoms with van der Waals surface area (Å²) in [6.07, 6.45) is 2.48. The molecule has 2 heterocycles. The molecule has 1 N–H and O–H groups in total. The average molecular weight is 337 g/mol. The van der Waals surface area contributed by atoms with Gasteiger partial charge in [-0.25, -0.2) is 9.78 Å². The largest absolute Gasteiger partial charge is 0.462 e. The minimum Gasteiger partial charge on any atom is -0.462 e. The van der Waals surface area contributed by atoms with Gasteiger partial charge in [-0.15, -0.1) is 0 Å². The Morgan fingerprint density at radius 1 is 1.12 bits per heavy atom. The number of anilines is 1. The van der Waals surface area contributed by atoms with Crippen molar-refractivity contribution < 1.29 is 14.3 Å². The number of fused-ring (bicyclic) bond motifs is 1. The molecule has 3 rings (SSSR count). The number of benzene rings is 1. The Hall–Kier alpha value is -3.15. The molecule has 6 heteroatoms. The van der Waals surface area contributed by atoms with Gasteiger partial charge in [-0.1, -0.05) is 13.0 Å². The van der Waals surface area contributed by atoms with Crippen molar-refractivity contribution in [1.82, 2.24) is 9.38 Å². The predicted molar refractivity (Wildman–Crippen MR) is 94.9 cm³/mol. The van der Waals surface area contributed by atoms with E-state index >= 15 is 0 Å². The molecule has 2 aromatic heterocycles. The SMILES string of the molecule is CCOC(=O)c1ccc(NC(=O)c2c(CC)nc3ccccn23)cc1. The topological polar surface area (TPSA) is 72.7 Å². The Labute approximate surface area is 145 Å². The second kappa shape index (κ2) is 7.17. The first-order valence-corrected chi connectivity index (χ1v) is 8.18. The zero-order valence-corrected chi connectivity index (χ0v) is 14.2. The Bertz CT molecular complexity index is 913. The van der Waals surface area contributed by atoms with Crippen molar-refractivity contribution in [1.29, 1.82) is 0 Å². The summed E-state index contributed by atoms with van der Waals surface area (Å²) in [5.41, 5.74) is 3.05. The van der Waals surface area contributed by atoms with Crippen molar-refractivity contribution >= 4 is 23.2 Å². The van der Waals surface area contributed by atoms with Crippen LogP contribution in [0.25, 0.3) is 5.65 Å². The maximum Gasteiger partial charge on any atom is 0.338 e. The lowest BCUT2D eigenvalue weighted by atomic mass is 10.2. The lowest BCUT2D eigenvalue weighted by Gasteiger charge is -2.07. The van der Waals surface area contributed by atoms with E-state index in [-0.39, 0.29) is 11.9 Å². The molecular weight excluding hydrogens is 318 g/mol. The Morgan fingerprint density at radius 2 is 1.88 bits per heavy atom. The standard InChI is InChI=1S/C19H19N3O3/c1-3-15-17(22-12-6-5-7-16(22)21-15)18(23)20-14-10-8-13(9-11-14)19(24)25-4-2/h5-12H,3-4H2,1-2H3,(H,20,23). The van der Waals surface area contributed by atoms with Crippen LogP contribution in [0.5, 0.6) is 0 Å². The van der Waals surface area contributed by atoms with Crippen LogP contribution >= 0.6 is 0 Å². The minimum absolute atomic E-state index is 0.237. The number of nitrogens with zero attached hydrogens (tertiary/aromatic N) is 2. The van der Waals surface area contributed by atoms with Crippen LogP contribution in [0.15, 0.2) is 48.7 Å². The van der Waals surface area contributed by atoms with E-state index in [1.165, 1.54) is 0 Å². The molecule has 0 radical (unpaired) electrons. The molecule has 25 heavy (non-hydrogen) atoms. The second-order valence-corrected chi connectivity index (χ2v) is 5.44. The van der Waals surface area contributed by atoms with Crippen LogP contribution in [0.2, 0.25) is 0 Å². The summed E-state index contributed by atoms with van der Waals surface area (Å²) >= 11 is 0. The van der Waals surface area contributed by atoms with Crippen LogP contribution in [0, 0.1) is 0 Å². The van der Waals surface area contributed by atoms with E-state index in [1.807, 2.05) is 31.3 Å². The van der Waals surface area contributed by atoms with Crippen LogP contribution in [0.4, 0.5) is 5.69 Å². The number of carbonyl (C=O) groups is 2. The van der Waals surface area contributed by atoms with E-state index in [9.17, 15) is 9.59 Å². The summed E-state index contributed by atoms with van der Waals surface area (Å²) in [4.78, 5) is 28.9. The molecule has 0 aliphatic heterocycles. The summed E-state index contributed by atoms with van der Waals surface area (Å²) in [7, 11) is 0. The number of carbonyl (C=O) groups excluding carboxylic acids is 2. The molecule has 0 saturated carbocycles. The average Bonchev–Trinajstić information content (AvgIpc) is 3.01. The molecule has 0 aliphatic carbocycles. The number of aryl methyl sites for hydroxylation is 1. The van der Waals surface area contributed by atoms with E-state index in [2.05, 4.69) is 10.3 Å². The molecule has 6 nitrogen and oxygen atoms in total. The highest BCUT2D eigenvalue weighted by molar-refractivity contribution is 6.04. The van der Waals surface area contributed by atoms with Gasteiger partial charge in [0.2, 0.25) is 0 Å². The number of hydrogen-bond acceptors (Lipinski definition) is 4. The number of imidazole rings is 1. The van der Waals surface area contributed by atoms with E-state index < -0.39 is 0 Å². The highest BCUT2D eigenvalue weighted by Gasteiger charge is 2.18. The lowest BCUT2D eigenvalue weighted by Crippen LogP contribution is -2.16. The maximum atomic E-state index is 12.7. The lowest BCUT2D eigenvalue weighted by molar-refractivity contribution is 0.0526. The van der Waals surface area contributed by atoms with Gasteiger partial charge in [0.25, 0.3) is 5.91 Å². The smallest absolute Gasteiger partial charge is 0.338 e. The first-order chi connectivity index (χ1) is 12.1. The molecule has 0 saturated heterocycles. The zero-order valence-electron chi connectivity index (χ0n) is 14.2. The first kappa shape index (κ1) is 16.7. The van der Waals surface area contributed by atoms with Gasteiger partial charge in [-0.3, -0.25) is 9.20 Å². The van der Waals surface area contributed by atoms with Crippen molar-refractivity contribution in [2.24, 2.45) is 0 Å². The number of ether oxygens (including phenoxy) is 1. The molecule has 0 unspecified atom stereocenters. The monoisotopic (exact) mass is 337 g/mol. The quantitative estimate of drug-likeness (QED) is 0.725. The number of nitrogens with one attached hydrogen (secondary N) is 1. The fraction of sp³-hybridized carbons (Fsp3) is 0.211. The highest BCUT2D eigenvalue weighted by atomic mass is 16.5. The van der Waals surface area contributed by atoms with Crippen molar-refractivity contribution in [2.75, 3.05) is 11.9 Å². The summed E-state index contributed by atoms with van der Waals surface area (Å²) in [6, 6.07) is 12.2. The number of esters is 1. The van der Waals surface area contributed by atoms with Crippen LogP contribution in [0.3, 0.4) is 0 Å². The Morgan fingerprint density at radius 3 is 2.56 bits per heavy atom. The number of aromatic nitrogens is 2. The second-order valence-electron chi connectivity index (χ2n) is 5.44. The van der Waals surface area contributed by atoms with Crippen LogP contribution in [0.1, 0.15) is 40.4 Å². The van der Waals surface area contributed by atoms with E-state index in [0.717, 1.165) is 11.3 Å². The van der Waals surface area contributed by atoms with Gasteiger partial charge in [-0.05, 0) is 49.7 Å². The van der Waals surface area contributed by atoms with E-state index in [4.69, 9.17) is 4.74 Å². The number of hydrogen-bond donors (Lipinski definition) is 1. The summed E-state index contributed by atoms with van der Waals surface area (Å²) in [5, 5.41) is 2.86. The summed E-state index contributed by atoms with van der Waals surface area (Å²) < 4.78 is 6.73.